The lowest BCUT2D eigenvalue weighted by Crippen LogP contribution is -2.17. The number of benzene rings is 5. The van der Waals surface area contributed by atoms with Crippen LogP contribution in [0.25, 0.3) is 32.7 Å². The first-order valence-corrected chi connectivity index (χ1v) is 11.8. The molecule has 0 bridgehead atoms. The number of ketones is 1. The molecule has 0 amide bonds. The first-order chi connectivity index (χ1) is 15.1. The highest BCUT2D eigenvalue weighted by atomic mass is 79.9. The van der Waals surface area contributed by atoms with Gasteiger partial charge in [0.1, 0.15) is 0 Å². The van der Waals surface area contributed by atoms with Crippen LogP contribution in [0.4, 0.5) is 0 Å². The van der Waals surface area contributed by atoms with Gasteiger partial charge in [0.05, 0.1) is 0 Å². The van der Waals surface area contributed by atoms with Crippen molar-refractivity contribution in [2.45, 2.75) is 6.42 Å². The quantitative estimate of drug-likeness (QED) is 0.196. The summed E-state index contributed by atoms with van der Waals surface area (Å²) in [5.41, 5.74) is 5.85. The molecular weight excluding hydrogens is 512 g/mol. The summed E-state index contributed by atoms with van der Waals surface area (Å²) in [6, 6.07) is 29.2. The molecule has 148 valence electrons. The molecule has 0 heterocycles. The number of carbonyl (C=O) groups excluding carboxylic acids is 1. The standard InChI is InChI=1S/C28H16Br2O/c29-25-11-9-20(22-13-16-5-1-2-6-17(16)14-23(22)25)21-10-12-26(30)24-15-18-7-3-4-8-19(18)28(31)27(21)24/h1-14H,15H2. The van der Waals surface area contributed by atoms with Crippen LogP contribution in [0, 0.1) is 0 Å². The molecule has 0 N–H and O–H groups in total. The third kappa shape index (κ3) is 2.91. The summed E-state index contributed by atoms with van der Waals surface area (Å²) in [6.07, 6.45) is 0.753. The maximum Gasteiger partial charge on any atom is 0.194 e. The molecule has 0 saturated carbocycles. The Morgan fingerprint density at radius 3 is 2.06 bits per heavy atom. The van der Waals surface area contributed by atoms with E-state index < -0.39 is 0 Å². The number of rotatable bonds is 1. The van der Waals surface area contributed by atoms with Gasteiger partial charge in [-0.15, -0.1) is 0 Å². The molecule has 31 heavy (non-hydrogen) atoms. The lowest BCUT2D eigenvalue weighted by atomic mass is 9.80. The van der Waals surface area contributed by atoms with Gasteiger partial charge in [0, 0.05) is 26.5 Å². The van der Waals surface area contributed by atoms with Gasteiger partial charge in [-0.25, -0.2) is 0 Å². The molecule has 0 spiro atoms. The predicted molar refractivity (Wildman–Crippen MR) is 135 cm³/mol. The van der Waals surface area contributed by atoms with Crippen LogP contribution >= 0.6 is 31.9 Å². The Morgan fingerprint density at radius 2 is 1.26 bits per heavy atom. The second-order valence-electron chi connectivity index (χ2n) is 7.95. The highest BCUT2D eigenvalue weighted by Crippen LogP contribution is 2.42. The summed E-state index contributed by atoms with van der Waals surface area (Å²) >= 11 is 7.44. The van der Waals surface area contributed by atoms with E-state index in [1.54, 1.807) is 0 Å². The van der Waals surface area contributed by atoms with Crippen LogP contribution in [0.2, 0.25) is 0 Å². The van der Waals surface area contributed by atoms with Crippen molar-refractivity contribution >= 4 is 59.2 Å². The number of hydrogen-bond acceptors (Lipinski definition) is 1. The summed E-state index contributed by atoms with van der Waals surface area (Å²) in [6.45, 7) is 0. The second-order valence-corrected chi connectivity index (χ2v) is 9.66. The molecule has 0 atom stereocenters. The fourth-order valence-electron chi connectivity index (χ4n) is 4.73. The number of carbonyl (C=O) groups is 1. The van der Waals surface area contributed by atoms with Crippen molar-refractivity contribution < 1.29 is 4.79 Å². The third-order valence-electron chi connectivity index (χ3n) is 6.23. The van der Waals surface area contributed by atoms with E-state index in [1.165, 1.54) is 10.8 Å². The van der Waals surface area contributed by atoms with Gasteiger partial charge in [-0.1, -0.05) is 92.5 Å². The molecule has 0 fully saturated rings. The van der Waals surface area contributed by atoms with Crippen molar-refractivity contribution in [3.8, 4) is 11.1 Å². The minimum atomic E-state index is 0.102. The van der Waals surface area contributed by atoms with Gasteiger partial charge in [-0.05, 0) is 68.1 Å². The van der Waals surface area contributed by atoms with Crippen LogP contribution in [0.1, 0.15) is 27.0 Å². The van der Waals surface area contributed by atoms with E-state index in [9.17, 15) is 4.79 Å². The Bertz CT molecular complexity index is 1550. The van der Waals surface area contributed by atoms with Crippen molar-refractivity contribution in [2.75, 3.05) is 0 Å². The van der Waals surface area contributed by atoms with E-state index in [-0.39, 0.29) is 5.78 Å². The number of halogens is 2. The maximum atomic E-state index is 13.6. The Hall–Kier alpha value is -2.75. The van der Waals surface area contributed by atoms with Crippen molar-refractivity contribution in [1.82, 2.24) is 0 Å². The number of fused-ring (bicyclic) bond motifs is 4. The molecule has 0 aliphatic heterocycles. The highest BCUT2D eigenvalue weighted by molar-refractivity contribution is 9.11. The summed E-state index contributed by atoms with van der Waals surface area (Å²) in [7, 11) is 0. The van der Waals surface area contributed by atoms with Gasteiger partial charge >= 0.3 is 0 Å². The Kier molecular flexibility index (Phi) is 4.38. The van der Waals surface area contributed by atoms with E-state index >= 15 is 0 Å². The zero-order valence-electron chi connectivity index (χ0n) is 16.5. The molecule has 1 aliphatic rings. The Labute approximate surface area is 197 Å². The lowest BCUT2D eigenvalue weighted by Gasteiger charge is -2.23. The van der Waals surface area contributed by atoms with Crippen molar-refractivity contribution in [3.63, 3.8) is 0 Å². The highest BCUT2D eigenvalue weighted by Gasteiger charge is 2.28. The van der Waals surface area contributed by atoms with Crippen LogP contribution in [0.3, 0.4) is 0 Å². The maximum absolute atomic E-state index is 13.6. The van der Waals surface area contributed by atoms with Gasteiger partial charge in [0.2, 0.25) is 0 Å². The minimum absolute atomic E-state index is 0.102. The lowest BCUT2D eigenvalue weighted by molar-refractivity contribution is 0.103. The molecule has 0 saturated heterocycles. The first-order valence-electron chi connectivity index (χ1n) is 10.2. The molecule has 5 aromatic rings. The van der Waals surface area contributed by atoms with Crippen molar-refractivity contribution in [1.29, 1.82) is 0 Å². The summed E-state index contributed by atoms with van der Waals surface area (Å²) in [5.74, 6) is 0.102. The first kappa shape index (κ1) is 19.0. The third-order valence-corrected chi connectivity index (χ3v) is 7.67. The van der Waals surface area contributed by atoms with E-state index in [0.717, 1.165) is 59.5 Å². The molecule has 1 aliphatic carbocycles. The molecular formula is C28H16Br2O. The van der Waals surface area contributed by atoms with Gasteiger partial charge in [-0.3, -0.25) is 4.79 Å². The topological polar surface area (TPSA) is 17.1 Å². The Morgan fingerprint density at radius 1 is 0.613 bits per heavy atom. The SMILES string of the molecule is O=C1c2ccccc2Cc2c(Br)ccc(-c3ccc(Br)c4cc5ccccc5cc34)c21. The van der Waals surface area contributed by atoms with Gasteiger partial charge < -0.3 is 0 Å². The molecule has 5 aromatic carbocycles. The fraction of sp³-hybridized carbons (Fsp3) is 0.0357. The molecule has 1 nitrogen and oxygen atoms in total. The van der Waals surface area contributed by atoms with Crippen LogP contribution in [0.15, 0.2) is 93.9 Å². The average Bonchev–Trinajstić information content (AvgIpc) is 2.80. The van der Waals surface area contributed by atoms with E-state index in [0.29, 0.717) is 0 Å². The molecule has 0 radical (unpaired) electrons. The minimum Gasteiger partial charge on any atom is -0.289 e. The second kappa shape index (κ2) is 7.15. The van der Waals surface area contributed by atoms with Gasteiger partial charge in [0.25, 0.3) is 0 Å². The molecule has 6 rings (SSSR count). The van der Waals surface area contributed by atoms with Crippen LogP contribution in [0.5, 0.6) is 0 Å². The molecule has 3 heteroatoms. The van der Waals surface area contributed by atoms with E-state index in [1.807, 2.05) is 18.2 Å². The summed E-state index contributed by atoms with van der Waals surface area (Å²) < 4.78 is 2.04. The Balaban J connectivity index is 1.68. The van der Waals surface area contributed by atoms with Gasteiger partial charge in [-0.2, -0.15) is 0 Å². The summed E-state index contributed by atoms with van der Waals surface area (Å²) in [5, 5.41) is 4.69. The largest absolute Gasteiger partial charge is 0.289 e. The van der Waals surface area contributed by atoms with Crippen molar-refractivity contribution in [3.05, 3.63) is 116 Å². The summed E-state index contributed by atoms with van der Waals surface area (Å²) in [4.78, 5) is 13.6. The fourth-order valence-corrected chi connectivity index (χ4v) is 5.66. The monoisotopic (exact) mass is 526 g/mol. The molecule has 0 aromatic heterocycles. The van der Waals surface area contributed by atoms with E-state index in [2.05, 4.69) is 98.6 Å². The average molecular weight is 528 g/mol. The van der Waals surface area contributed by atoms with Crippen LogP contribution < -0.4 is 0 Å². The normalized spacial score (nSPS) is 12.8. The zero-order valence-corrected chi connectivity index (χ0v) is 19.6. The number of hydrogen-bond donors (Lipinski definition) is 0. The molecule has 0 unspecified atom stereocenters. The predicted octanol–water partition coefficient (Wildman–Crippen LogP) is 8.32. The zero-order chi connectivity index (χ0) is 21.1. The van der Waals surface area contributed by atoms with Crippen molar-refractivity contribution in [2.24, 2.45) is 0 Å². The van der Waals surface area contributed by atoms with E-state index in [4.69, 9.17) is 0 Å². The van der Waals surface area contributed by atoms with Gasteiger partial charge in [0.15, 0.2) is 5.78 Å². The van der Waals surface area contributed by atoms with Crippen LogP contribution in [-0.2, 0) is 6.42 Å². The smallest absolute Gasteiger partial charge is 0.194 e. The van der Waals surface area contributed by atoms with Crippen LogP contribution in [-0.4, -0.2) is 5.78 Å².